The highest BCUT2D eigenvalue weighted by molar-refractivity contribution is 5.85. The van der Waals surface area contributed by atoms with Gasteiger partial charge in [-0.1, -0.05) is 0 Å². The summed E-state index contributed by atoms with van der Waals surface area (Å²) in [6.07, 6.45) is 3.12. The Labute approximate surface area is 82.1 Å². The summed E-state index contributed by atoms with van der Waals surface area (Å²) in [5.74, 6) is 0.883. The minimum absolute atomic E-state index is 0.349. The molecule has 5 heteroatoms. The van der Waals surface area contributed by atoms with Crippen molar-refractivity contribution >= 4 is 5.97 Å². The lowest BCUT2D eigenvalue weighted by molar-refractivity contribution is 0.0504. The van der Waals surface area contributed by atoms with Gasteiger partial charge < -0.3 is 9.30 Å². The fourth-order valence-electron chi connectivity index (χ4n) is 1.65. The number of rotatable bonds is 2. The van der Waals surface area contributed by atoms with Crippen molar-refractivity contribution in [1.29, 1.82) is 0 Å². The number of ether oxygens (including phenoxy) is 1. The lowest BCUT2D eigenvalue weighted by Crippen LogP contribution is -2.18. The summed E-state index contributed by atoms with van der Waals surface area (Å²) in [6.45, 7) is 2.99. The maximum Gasteiger partial charge on any atom is 0.376 e. The van der Waals surface area contributed by atoms with Crippen molar-refractivity contribution in [2.24, 2.45) is 0 Å². The number of hydrogen-bond acceptors (Lipinski definition) is 4. The third-order valence-electron chi connectivity index (χ3n) is 2.32. The lowest BCUT2D eigenvalue weighted by atomic mass is 10.2. The first-order valence-corrected chi connectivity index (χ1v) is 4.92. The highest BCUT2D eigenvalue weighted by Crippen LogP contribution is 2.14. The molecule has 0 unspecified atom stereocenters. The molecule has 2 rings (SSSR count). The van der Waals surface area contributed by atoms with Gasteiger partial charge in [0.05, 0.1) is 6.61 Å². The average Bonchev–Trinajstić information content (AvgIpc) is 2.61. The van der Waals surface area contributed by atoms with Gasteiger partial charge in [0.2, 0.25) is 5.82 Å². The van der Waals surface area contributed by atoms with Gasteiger partial charge in [0.1, 0.15) is 5.82 Å². The molecule has 0 bridgehead atoms. The second-order valence-electron chi connectivity index (χ2n) is 3.27. The van der Waals surface area contributed by atoms with Crippen molar-refractivity contribution < 1.29 is 9.53 Å². The first-order valence-electron chi connectivity index (χ1n) is 4.92. The van der Waals surface area contributed by atoms with Crippen molar-refractivity contribution in [3.05, 3.63) is 11.6 Å². The second-order valence-corrected chi connectivity index (χ2v) is 3.27. The van der Waals surface area contributed by atoms with Crippen molar-refractivity contribution in [3.8, 4) is 0 Å². The maximum atomic E-state index is 11.4. The average molecular weight is 195 g/mol. The monoisotopic (exact) mass is 195 g/mol. The Kier molecular flexibility index (Phi) is 2.47. The summed E-state index contributed by atoms with van der Waals surface area (Å²) in [6, 6.07) is 0. The quantitative estimate of drug-likeness (QED) is 0.655. The second kappa shape index (κ2) is 3.77. The number of nitrogens with zero attached hydrogens (tertiary/aromatic N) is 3. The standard InChI is InChI=1S/C9H13N3O2/c1-2-14-9(13)8-11-10-7-5-3-4-6-12(7)8/h2-6H2,1H3. The molecule has 1 aliphatic rings. The minimum Gasteiger partial charge on any atom is -0.460 e. The summed E-state index contributed by atoms with van der Waals surface area (Å²) >= 11 is 0. The number of fused-ring (bicyclic) bond motifs is 1. The van der Waals surface area contributed by atoms with Crippen molar-refractivity contribution in [2.45, 2.75) is 32.7 Å². The van der Waals surface area contributed by atoms with E-state index in [1.165, 1.54) is 0 Å². The molecular formula is C9H13N3O2. The van der Waals surface area contributed by atoms with E-state index >= 15 is 0 Å². The van der Waals surface area contributed by atoms with Crippen LogP contribution in [0.1, 0.15) is 36.2 Å². The summed E-state index contributed by atoms with van der Waals surface area (Å²) < 4.78 is 6.75. The third-order valence-corrected chi connectivity index (χ3v) is 2.32. The lowest BCUT2D eigenvalue weighted by Gasteiger charge is -2.13. The smallest absolute Gasteiger partial charge is 0.376 e. The molecule has 1 aromatic heterocycles. The number of esters is 1. The van der Waals surface area contributed by atoms with E-state index in [0.717, 1.165) is 31.6 Å². The molecule has 0 amide bonds. The van der Waals surface area contributed by atoms with Gasteiger partial charge >= 0.3 is 5.97 Å². The minimum atomic E-state index is -0.367. The Morgan fingerprint density at radius 1 is 1.50 bits per heavy atom. The predicted octanol–water partition coefficient (Wildman–Crippen LogP) is 0.791. The van der Waals surface area contributed by atoms with E-state index in [0.29, 0.717) is 12.4 Å². The van der Waals surface area contributed by atoms with Gasteiger partial charge in [-0.2, -0.15) is 0 Å². The molecule has 0 saturated carbocycles. The summed E-state index contributed by atoms with van der Waals surface area (Å²) in [4.78, 5) is 11.4. The van der Waals surface area contributed by atoms with E-state index in [2.05, 4.69) is 10.2 Å². The topological polar surface area (TPSA) is 57.0 Å². The van der Waals surface area contributed by atoms with E-state index in [-0.39, 0.29) is 5.97 Å². The highest BCUT2D eigenvalue weighted by Gasteiger charge is 2.21. The van der Waals surface area contributed by atoms with Gasteiger partial charge in [0.15, 0.2) is 0 Å². The van der Waals surface area contributed by atoms with Crippen LogP contribution in [0.15, 0.2) is 0 Å². The van der Waals surface area contributed by atoms with Crippen LogP contribution in [0.4, 0.5) is 0 Å². The van der Waals surface area contributed by atoms with Gasteiger partial charge in [0.25, 0.3) is 0 Å². The summed E-state index contributed by atoms with van der Waals surface area (Å²) in [5.41, 5.74) is 0. The Balaban J connectivity index is 2.25. The zero-order chi connectivity index (χ0) is 9.97. The van der Waals surface area contributed by atoms with Crippen LogP contribution in [0.25, 0.3) is 0 Å². The zero-order valence-electron chi connectivity index (χ0n) is 8.19. The fraction of sp³-hybridized carbons (Fsp3) is 0.667. The first-order chi connectivity index (χ1) is 6.83. The van der Waals surface area contributed by atoms with Crippen LogP contribution >= 0.6 is 0 Å². The molecule has 0 N–H and O–H groups in total. The Morgan fingerprint density at radius 2 is 2.36 bits per heavy atom. The van der Waals surface area contributed by atoms with E-state index in [1.54, 1.807) is 6.92 Å². The zero-order valence-corrected chi connectivity index (χ0v) is 8.19. The molecule has 1 aliphatic heterocycles. The Hall–Kier alpha value is -1.39. The number of aryl methyl sites for hydroxylation is 1. The molecule has 0 spiro atoms. The summed E-state index contributed by atoms with van der Waals surface area (Å²) in [7, 11) is 0. The molecule has 14 heavy (non-hydrogen) atoms. The van der Waals surface area contributed by atoms with Gasteiger partial charge in [0, 0.05) is 13.0 Å². The molecule has 2 heterocycles. The Bertz CT molecular complexity index is 346. The summed E-state index contributed by atoms with van der Waals surface area (Å²) in [5, 5.41) is 7.83. The molecule has 0 atom stereocenters. The first kappa shape index (κ1) is 9.18. The van der Waals surface area contributed by atoms with Crippen LogP contribution in [0, 0.1) is 0 Å². The SMILES string of the molecule is CCOC(=O)c1nnc2n1CCCC2. The van der Waals surface area contributed by atoms with Crippen LogP contribution in [0.2, 0.25) is 0 Å². The molecular weight excluding hydrogens is 182 g/mol. The van der Waals surface area contributed by atoms with Crippen molar-refractivity contribution in [3.63, 3.8) is 0 Å². The van der Waals surface area contributed by atoms with Gasteiger partial charge in [-0.25, -0.2) is 4.79 Å². The van der Waals surface area contributed by atoms with Gasteiger partial charge in [-0.05, 0) is 19.8 Å². The number of aromatic nitrogens is 3. The molecule has 0 saturated heterocycles. The highest BCUT2D eigenvalue weighted by atomic mass is 16.5. The normalized spacial score (nSPS) is 14.9. The number of carbonyl (C=O) groups is 1. The van der Waals surface area contributed by atoms with Gasteiger partial charge in [-0.15, -0.1) is 10.2 Å². The number of carbonyl (C=O) groups excluding carboxylic acids is 1. The molecule has 0 aliphatic carbocycles. The van der Waals surface area contributed by atoms with Crippen LogP contribution in [0.3, 0.4) is 0 Å². The molecule has 0 aromatic carbocycles. The molecule has 76 valence electrons. The van der Waals surface area contributed by atoms with Crippen LogP contribution in [-0.4, -0.2) is 27.3 Å². The molecule has 5 nitrogen and oxygen atoms in total. The van der Waals surface area contributed by atoms with Crippen LogP contribution in [-0.2, 0) is 17.7 Å². The van der Waals surface area contributed by atoms with E-state index < -0.39 is 0 Å². The molecule has 0 fully saturated rings. The predicted molar refractivity (Wildman–Crippen MR) is 48.9 cm³/mol. The third kappa shape index (κ3) is 1.49. The van der Waals surface area contributed by atoms with Crippen LogP contribution in [0.5, 0.6) is 0 Å². The van der Waals surface area contributed by atoms with E-state index in [4.69, 9.17) is 4.74 Å². The number of hydrogen-bond donors (Lipinski definition) is 0. The van der Waals surface area contributed by atoms with E-state index in [1.807, 2.05) is 4.57 Å². The van der Waals surface area contributed by atoms with Crippen molar-refractivity contribution in [1.82, 2.24) is 14.8 Å². The fourth-order valence-corrected chi connectivity index (χ4v) is 1.65. The van der Waals surface area contributed by atoms with Gasteiger partial charge in [-0.3, -0.25) is 0 Å². The maximum absolute atomic E-state index is 11.4. The Morgan fingerprint density at radius 3 is 3.14 bits per heavy atom. The van der Waals surface area contributed by atoms with Crippen molar-refractivity contribution in [2.75, 3.05) is 6.61 Å². The largest absolute Gasteiger partial charge is 0.460 e. The molecule has 0 radical (unpaired) electrons. The van der Waals surface area contributed by atoms with E-state index in [9.17, 15) is 4.79 Å². The van der Waals surface area contributed by atoms with Crippen LogP contribution < -0.4 is 0 Å². The molecule has 1 aromatic rings.